The fourth-order valence-corrected chi connectivity index (χ4v) is 5.80. The van der Waals surface area contributed by atoms with Gasteiger partial charge in [0.25, 0.3) is 0 Å². The SMILES string of the molecule is COc1ccc2ncc(Cl)c([C@H](F)CCC3(CC(=O)O)CCN(CCCc4c(F)cccc4F)CC3)c2c1. The summed E-state index contributed by atoms with van der Waals surface area (Å²) in [4.78, 5) is 18.2. The summed E-state index contributed by atoms with van der Waals surface area (Å²) in [6.45, 7) is 1.96. The van der Waals surface area contributed by atoms with Crippen LogP contribution in [-0.4, -0.2) is 47.7 Å². The molecular formula is C29H32ClF3N2O3. The zero-order valence-electron chi connectivity index (χ0n) is 21.4. The van der Waals surface area contributed by atoms with Crippen LogP contribution in [0.1, 0.15) is 55.8 Å². The molecule has 38 heavy (non-hydrogen) atoms. The highest BCUT2D eigenvalue weighted by atomic mass is 35.5. The van der Waals surface area contributed by atoms with E-state index in [2.05, 4.69) is 9.88 Å². The van der Waals surface area contributed by atoms with Crippen molar-refractivity contribution in [2.75, 3.05) is 26.7 Å². The monoisotopic (exact) mass is 548 g/mol. The van der Waals surface area contributed by atoms with E-state index < -0.39 is 29.2 Å². The second-order valence-corrected chi connectivity index (χ2v) is 10.5. The Labute approximate surface area is 225 Å². The number of fused-ring (bicyclic) bond motifs is 1. The molecule has 9 heteroatoms. The summed E-state index contributed by atoms with van der Waals surface area (Å²) in [5.41, 5.74) is 0.520. The number of hydrogen-bond donors (Lipinski definition) is 1. The quantitative estimate of drug-likeness (QED) is 0.275. The predicted molar refractivity (Wildman–Crippen MR) is 141 cm³/mol. The number of piperidine rings is 1. The third kappa shape index (κ3) is 6.59. The molecular weight excluding hydrogens is 517 g/mol. The van der Waals surface area contributed by atoms with Crippen molar-refractivity contribution in [1.29, 1.82) is 0 Å². The maximum absolute atomic E-state index is 15.7. The molecule has 1 atom stereocenters. The number of pyridine rings is 1. The van der Waals surface area contributed by atoms with Gasteiger partial charge in [-0.3, -0.25) is 9.78 Å². The van der Waals surface area contributed by atoms with Crippen molar-refractivity contribution in [3.05, 3.63) is 70.4 Å². The Balaban J connectivity index is 1.39. The van der Waals surface area contributed by atoms with Gasteiger partial charge < -0.3 is 14.7 Å². The minimum absolute atomic E-state index is 0.0351. The molecule has 0 saturated carbocycles. The van der Waals surface area contributed by atoms with Crippen LogP contribution in [0, 0.1) is 17.0 Å². The molecule has 1 aliphatic rings. The van der Waals surface area contributed by atoms with Gasteiger partial charge in [-0.05, 0) is 93.9 Å². The van der Waals surface area contributed by atoms with Crippen LogP contribution in [0.15, 0.2) is 42.6 Å². The lowest BCUT2D eigenvalue weighted by atomic mass is 9.71. The van der Waals surface area contributed by atoms with Crippen molar-refractivity contribution in [2.24, 2.45) is 5.41 Å². The fraction of sp³-hybridized carbons (Fsp3) is 0.448. The van der Waals surface area contributed by atoms with Gasteiger partial charge in [-0.1, -0.05) is 17.7 Å². The van der Waals surface area contributed by atoms with Gasteiger partial charge >= 0.3 is 5.97 Å². The molecule has 0 spiro atoms. The highest BCUT2D eigenvalue weighted by Gasteiger charge is 2.37. The summed E-state index contributed by atoms with van der Waals surface area (Å²) in [5, 5.41) is 10.4. The van der Waals surface area contributed by atoms with Crippen LogP contribution < -0.4 is 4.74 Å². The summed E-state index contributed by atoms with van der Waals surface area (Å²) in [5.74, 6) is -1.40. The first-order valence-corrected chi connectivity index (χ1v) is 13.2. The van der Waals surface area contributed by atoms with Gasteiger partial charge in [0, 0.05) is 22.7 Å². The number of methoxy groups -OCH3 is 1. The van der Waals surface area contributed by atoms with Crippen LogP contribution in [0.3, 0.4) is 0 Å². The lowest BCUT2D eigenvalue weighted by Gasteiger charge is -2.41. The molecule has 1 N–H and O–H groups in total. The van der Waals surface area contributed by atoms with Gasteiger partial charge in [0.2, 0.25) is 0 Å². The number of aromatic nitrogens is 1. The number of benzene rings is 2. The molecule has 0 radical (unpaired) electrons. The highest BCUT2D eigenvalue weighted by molar-refractivity contribution is 6.32. The number of alkyl halides is 1. The van der Waals surface area contributed by atoms with E-state index in [0.29, 0.717) is 74.0 Å². The lowest BCUT2D eigenvalue weighted by Crippen LogP contribution is -2.41. The Bertz CT molecular complexity index is 1260. The van der Waals surface area contributed by atoms with Gasteiger partial charge in [-0.2, -0.15) is 0 Å². The number of halogens is 4. The molecule has 4 rings (SSSR count). The van der Waals surface area contributed by atoms with E-state index in [9.17, 15) is 18.7 Å². The van der Waals surface area contributed by atoms with Gasteiger partial charge in [0.15, 0.2) is 0 Å². The minimum atomic E-state index is -1.39. The number of carboxylic acid groups (broad SMARTS) is 1. The van der Waals surface area contributed by atoms with Crippen LogP contribution in [0.25, 0.3) is 10.9 Å². The highest BCUT2D eigenvalue weighted by Crippen LogP contribution is 2.44. The first-order chi connectivity index (χ1) is 18.2. The molecule has 0 aliphatic carbocycles. The van der Waals surface area contributed by atoms with E-state index in [-0.39, 0.29) is 23.4 Å². The number of carbonyl (C=O) groups is 1. The van der Waals surface area contributed by atoms with Gasteiger partial charge in [0.1, 0.15) is 23.6 Å². The largest absolute Gasteiger partial charge is 0.497 e. The van der Waals surface area contributed by atoms with Crippen LogP contribution in [-0.2, 0) is 11.2 Å². The third-order valence-corrected chi connectivity index (χ3v) is 8.02. The number of nitrogens with zero attached hydrogens (tertiary/aromatic N) is 2. The smallest absolute Gasteiger partial charge is 0.303 e. The zero-order chi connectivity index (χ0) is 27.3. The summed E-state index contributed by atoms with van der Waals surface area (Å²) >= 11 is 6.37. The molecule has 1 aliphatic heterocycles. The minimum Gasteiger partial charge on any atom is -0.497 e. The van der Waals surface area contributed by atoms with Crippen LogP contribution in [0.4, 0.5) is 13.2 Å². The summed E-state index contributed by atoms with van der Waals surface area (Å²) < 4.78 is 48.8. The lowest BCUT2D eigenvalue weighted by molar-refractivity contribution is -0.141. The number of aliphatic carboxylic acids is 1. The zero-order valence-corrected chi connectivity index (χ0v) is 22.1. The predicted octanol–water partition coefficient (Wildman–Crippen LogP) is 7.16. The molecule has 2 aromatic carbocycles. The van der Waals surface area contributed by atoms with E-state index in [0.717, 1.165) is 0 Å². The van der Waals surface area contributed by atoms with Crippen LogP contribution >= 0.6 is 11.6 Å². The average Bonchev–Trinajstić information content (AvgIpc) is 2.89. The Morgan fingerprint density at radius 2 is 1.92 bits per heavy atom. The van der Waals surface area contributed by atoms with E-state index in [4.69, 9.17) is 16.3 Å². The standard InChI is InChI=1S/C29H32ClF3N2O3/c1-38-19-7-8-26-21(16-19)28(22(30)18-34-26)25(33)9-10-29(17-27(36)37)11-14-35(15-12-29)13-3-4-20-23(31)5-2-6-24(20)32/h2,5-8,16,18,25H,3-4,9-15,17H2,1H3,(H,36,37)/t25-/m1/s1. The van der Waals surface area contributed by atoms with Gasteiger partial charge in [-0.25, -0.2) is 13.2 Å². The van der Waals surface area contributed by atoms with Crippen LogP contribution in [0.2, 0.25) is 5.02 Å². The normalized spacial score (nSPS) is 16.4. The summed E-state index contributed by atoms with van der Waals surface area (Å²) in [6.07, 6.45) is 2.66. The second-order valence-electron chi connectivity index (χ2n) is 10.1. The number of ether oxygens (including phenoxy) is 1. The molecule has 1 fully saturated rings. The molecule has 1 saturated heterocycles. The van der Waals surface area contributed by atoms with Crippen molar-refractivity contribution in [2.45, 2.75) is 51.1 Å². The summed E-state index contributed by atoms with van der Waals surface area (Å²) in [7, 11) is 1.53. The van der Waals surface area contributed by atoms with E-state index >= 15 is 4.39 Å². The van der Waals surface area contributed by atoms with Crippen LogP contribution in [0.5, 0.6) is 5.75 Å². The first-order valence-electron chi connectivity index (χ1n) is 12.8. The average molecular weight is 549 g/mol. The Kier molecular flexibility index (Phi) is 9.15. The van der Waals surface area contributed by atoms with Crippen molar-refractivity contribution in [3.63, 3.8) is 0 Å². The molecule has 204 valence electrons. The Morgan fingerprint density at radius 3 is 2.58 bits per heavy atom. The van der Waals surface area contributed by atoms with E-state index in [1.54, 1.807) is 18.2 Å². The molecule has 1 aromatic heterocycles. The first kappa shape index (κ1) is 28.2. The second kappa shape index (κ2) is 12.3. The van der Waals surface area contributed by atoms with Crippen molar-refractivity contribution in [1.82, 2.24) is 9.88 Å². The Hall–Kier alpha value is -2.84. The van der Waals surface area contributed by atoms with Gasteiger partial charge in [0.05, 0.1) is 24.1 Å². The number of likely N-dealkylation sites (tertiary alicyclic amines) is 1. The molecule has 5 nitrogen and oxygen atoms in total. The number of rotatable bonds is 11. The van der Waals surface area contributed by atoms with Gasteiger partial charge in [-0.15, -0.1) is 0 Å². The molecule has 2 heterocycles. The topological polar surface area (TPSA) is 62.7 Å². The van der Waals surface area contributed by atoms with E-state index in [1.807, 2.05) is 0 Å². The van der Waals surface area contributed by atoms with Crippen molar-refractivity contribution < 1.29 is 27.8 Å². The van der Waals surface area contributed by atoms with Crippen molar-refractivity contribution in [3.8, 4) is 5.75 Å². The van der Waals surface area contributed by atoms with Crippen molar-refractivity contribution >= 4 is 28.5 Å². The fourth-order valence-electron chi connectivity index (χ4n) is 5.53. The number of carboxylic acids is 1. The summed E-state index contributed by atoms with van der Waals surface area (Å²) in [6, 6.07) is 9.09. The molecule has 0 bridgehead atoms. The molecule has 0 unspecified atom stereocenters. The van der Waals surface area contributed by atoms with E-state index in [1.165, 1.54) is 31.5 Å². The number of hydrogen-bond acceptors (Lipinski definition) is 4. The maximum Gasteiger partial charge on any atom is 0.303 e. The molecule has 0 amide bonds. The maximum atomic E-state index is 15.7. The third-order valence-electron chi connectivity index (χ3n) is 7.72. The Morgan fingerprint density at radius 1 is 1.21 bits per heavy atom. The molecule has 3 aromatic rings.